The molecule has 3 rings (SSSR count). The van der Waals surface area contributed by atoms with Crippen LogP contribution in [0.1, 0.15) is 36.5 Å². The van der Waals surface area contributed by atoms with Crippen LogP contribution in [0.15, 0.2) is 48.5 Å². The Balaban J connectivity index is 1.56. The maximum absolute atomic E-state index is 12.2. The van der Waals surface area contributed by atoms with Crippen LogP contribution in [0.25, 0.3) is 11.1 Å². The van der Waals surface area contributed by atoms with Crippen LogP contribution in [0, 0.1) is 0 Å². The summed E-state index contributed by atoms with van der Waals surface area (Å²) in [6, 6.07) is 14.1. The Morgan fingerprint density at radius 1 is 0.857 bits per heavy atom. The summed E-state index contributed by atoms with van der Waals surface area (Å²) in [6.45, 7) is 2.60. The molecule has 28 heavy (non-hydrogen) atoms. The second-order valence-electron chi connectivity index (χ2n) is 6.71. The summed E-state index contributed by atoms with van der Waals surface area (Å²) in [4.78, 5) is 37.0. The number of amides is 1. The van der Waals surface area contributed by atoms with Gasteiger partial charge in [-0.1, -0.05) is 24.3 Å². The lowest BCUT2D eigenvalue weighted by molar-refractivity contribution is -0.135. The van der Waals surface area contributed by atoms with Gasteiger partial charge in [-0.3, -0.25) is 9.59 Å². The highest BCUT2D eigenvalue weighted by atomic mass is 16.5. The SMILES string of the molecule is CC(=O)Oc1ccc(-c2ccc(C(=O)OCC(=O)N3CCCCC3)cc2)cc1. The fourth-order valence-corrected chi connectivity index (χ4v) is 3.13. The molecule has 0 radical (unpaired) electrons. The maximum Gasteiger partial charge on any atom is 0.338 e. The van der Waals surface area contributed by atoms with Gasteiger partial charge < -0.3 is 14.4 Å². The average molecular weight is 381 g/mol. The van der Waals surface area contributed by atoms with E-state index >= 15 is 0 Å². The fourth-order valence-electron chi connectivity index (χ4n) is 3.13. The smallest absolute Gasteiger partial charge is 0.338 e. The number of likely N-dealkylation sites (tertiary alicyclic amines) is 1. The zero-order valence-electron chi connectivity index (χ0n) is 15.8. The zero-order chi connectivity index (χ0) is 19.9. The first kappa shape index (κ1) is 19.6. The number of esters is 2. The second kappa shape index (κ2) is 9.17. The van der Waals surface area contributed by atoms with E-state index in [0.717, 1.165) is 43.5 Å². The van der Waals surface area contributed by atoms with Crippen LogP contribution in [-0.2, 0) is 14.3 Å². The minimum atomic E-state index is -0.512. The molecule has 1 aliphatic rings. The molecule has 0 N–H and O–H groups in total. The Morgan fingerprint density at radius 3 is 2.00 bits per heavy atom. The van der Waals surface area contributed by atoms with Crippen molar-refractivity contribution in [1.29, 1.82) is 0 Å². The Labute approximate surface area is 164 Å². The van der Waals surface area contributed by atoms with Crippen LogP contribution < -0.4 is 4.74 Å². The summed E-state index contributed by atoms with van der Waals surface area (Å²) in [7, 11) is 0. The standard InChI is InChI=1S/C22H23NO5/c1-16(24)28-20-11-9-18(10-12-20)17-5-7-19(8-6-17)22(26)27-15-21(25)23-13-3-2-4-14-23/h5-12H,2-4,13-15H2,1H3. The van der Waals surface area contributed by atoms with Crippen LogP contribution in [0.2, 0.25) is 0 Å². The number of carbonyl (C=O) groups excluding carboxylic acids is 3. The highest BCUT2D eigenvalue weighted by Gasteiger charge is 2.18. The van der Waals surface area contributed by atoms with Gasteiger partial charge in [0.25, 0.3) is 5.91 Å². The normalized spacial score (nSPS) is 13.7. The van der Waals surface area contributed by atoms with Crippen molar-refractivity contribution in [3.05, 3.63) is 54.1 Å². The molecule has 0 spiro atoms. The first-order chi connectivity index (χ1) is 13.5. The largest absolute Gasteiger partial charge is 0.452 e. The predicted octanol–water partition coefficient (Wildman–Crippen LogP) is 3.45. The Morgan fingerprint density at radius 2 is 1.43 bits per heavy atom. The fraction of sp³-hybridized carbons (Fsp3) is 0.318. The van der Waals surface area contributed by atoms with Crippen molar-refractivity contribution < 1.29 is 23.9 Å². The molecule has 0 unspecified atom stereocenters. The lowest BCUT2D eigenvalue weighted by atomic mass is 10.0. The summed E-state index contributed by atoms with van der Waals surface area (Å²) in [5.41, 5.74) is 2.23. The van der Waals surface area contributed by atoms with E-state index in [-0.39, 0.29) is 18.5 Å². The van der Waals surface area contributed by atoms with Gasteiger partial charge in [-0.05, 0) is 54.7 Å². The van der Waals surface area contributed by atoms with E-state index in [1.165, 1.54) is 6.92 Å². The molecule has 0 atom stereocenters. The number of nitrogens with zero attached hydrogens (tertiary/aromatic N) is 1. The number of piperidine rings is 1. The zero-order valence-corrected chi connectivity index (χ0v) is 15.8. The van der Waals surface area contributed by atoms with Crippen molar-refractivity contribution in [2.75, 3.05) is 19.7 Å². The molecule has 0 aromatic heterocycles. The molecule has 0 bridgehead atoms. The topological polar surface area (TPSA) is 72.9 Å². The second-order valence-corrected chi connectivity index (χ2v) is 6.71. The number of hydrogen-bond donors (Lipinski definition) is 0. The highest BCUT2D eigenvalue weighted by Crippen LogP contribution is 2.23. The van der Waals surface area contributed by atoms with Crippen LogP contribution >= 0.6 is 0 Å². The van der Waals surface area contributed by atoms with Crippen molar-refractivity contribution >= 4 is 17.8 Å². The van der Waals surface area contributed by atoms with Crippen molar-refractivity contribution in [2.24, 2.45) is 0 Å². The predicted molar refractivity (Wildman–Crippen MR) is 104 cm³/mol. The molecule has 2 aromatic rings. The molecule has 146 valence electrons. The van der Waals surface area contributed by atoms with E-state index in [0.29, 0.717) is 11.3 Å². The third kappa shape index (κ3) is 5.19. The molecule has 1 aliphatic heterocycles. The Hall–Kier alpha value is -3.15. The lowest BCUT2D eigenvalue weighted by Crippen LogP contribution is -2.38. The molecule has 1 heterocycles. The van der Waals surface area contributed by atoms with E-state index in [1.807, 2.05) is 24.3 Å². The molecule has 6 nitrogen and oxygen atoms in total. The van der Waals surface area contributed by atoms with E-state index in [1.54, 1.807) is 29.2 Å². The molecule has 0 aliphatic carbocycles. The van der Waals surface area contributed by atoms with Crippen molar-refractivity contribution in [3.63, 3.8) is 0 Å². The van der Waals surface area contributed by atoms with Crippen LogP contribution in [0.5, 0.6) is 5.75 Å². The number of hydrogen-bond acceptors (Lipinski definition) is 5. The molecule has 1 saturated heterocycles. The Bertz CT molecular complexity index is 836. The molecular weight excluding hydrogens is 358 g/mol. The molecule has 6 heteroatoms. The summed E-state index contributed by atoms with van der Waals surface area (Å²) in [5.74, 6) is -0.538. The van der Waals surface area contributed by atoms with E-state index in [2.05, 4.69) is 0 Å². The van der Waals surface area contributed by atoms with Gasteiger partial charge in [0.15, 0.2) is 6.61 Å². The molecule has 2 aromatic carbocycles. The van der Waals surface area contributed by atoms with E-state index < -0.39 is 5.97 Å². The van der Waals surface area contributed by atoms with Crippen molar-refractivity contribution in [3.8, 4) is 16.9 Å². The van der Waals surface area contributed by atoms with Gasteiger partial charge in [0.1, 0.15) is 5.75 Å². The third-order valence-corrected chi connectivity index (χ3v) is 4.61. The Kier molecular flexibility index (Phi) is 6.42. The average Bonchev–Trinajstić information content (AvgIpc) is 2.72. The van der Waals surface area contributed by atoms with E-state index in [4.69, 9.17) is 9.47 Å². The lowest BCUT2D eigenvalue weighted by Gasteiger charge is -2.26. The van der Waals surface area contributed by atoms with Gasteiger partial charge in [-0.25, -0.2) is 4.79 Å². The van der Waals surface area contributed by atoms with Crippen LogP contribution in [-0.4, -0.2) is 42.4 Å². The number of ether oxygens (including phenoxy) is 2. The van der Waals surface area contributed by atoms with Gasteiger partial charge in [-0.15, -0.1) is 0 Å². The number of carbonyl (C=O) groups is 3. The first-order valence-corrected chi connectivity index (χ1v) is 9.37. The summed E-state index contributed by atoms with van der Waals surface area (Å²) in [6.07, 6.45) is 3.15. The molecule has 0 saturated carbocycles. The quantitative estimate of drug-likeness (QED) is 0.586. The van der Waals surface area contributed by atoms with Crippen molar-refractivity contribution in [1.82, 2.24) is 4.90 Å². The highest BCUT2D eigenvalue weighted by molar-refractivity contribution is 5.92. The summed E-state index contributed by atoms with van der Waals surface area (Å²) >= 11 is 0. The van der Waals surface area contributed by atoms with Gasteiger partial charge in [0, 0.05) is 20.0 Å². The van der Waals surface area contributed by atoms with Gasteiger partial charge in [0.2, 0.25) is 0 Å². The molecule has 1 amide bonds. The van der Waals surface area contributed by atoms with Crippen LogP contribution in [0.3, 0.4) is 0 Å². The molecule has 1 fully saturated rings. The van der Waals surface area contributed by atoms with Gasteiger partial charge in [0.05, 0.1) is 5.56 Å². The van der Waals surface area contributed by atoms with Gasteiger partial charge in [-0.2, -0.15) is 0 Å². The molecular formula is C22H23NO5. The number of benzene rings is 2. The van der Waals surface area contributed by atoms with Crippen LogP contribution in [0.4, 0.5) is 0 Å². The monoisotopic (exact) mass is 381 g/mol. The first-order valence-electron chi connectivity index (χ1n) is 9.37. The number of rotatable bonds is 5. The minimum Gasteiger partial charge on any atom is -0.452 e. The minimum absolute atomic E-state index is 0.141. The van der Waals surface area contributed by atoms with Gasteiger partial charge >= 0.3 is 11.9 Å². The van der Waals surface area contributed by atoms with E-state index in [9.17, 15) is 14.4 Å². The third-order valence-electron chi connectivity index (χ3n) is 4.61. The summed E-state index contributed by atoms with van der Waals surface area (Å²) in [5, 5.41) is 0. The van der Waals surface area contributed by atoms with Crippen molar-refractivity contribution in [2.45, 2.75) is 26.2 Å². The summed E-state index contributed by atoms with van der Waals surface area (Å²) < 4.78 is 10.2. The maximum atomic E-state index is 12.2.